The fourth-order valence-electron chi connectivity index (χ4n) is 2.16. The second-order valence-electron chi connectivity index (χ2n) is 5.02. The van der Waals surface area contributed by atoms with E-state index in [1.54, 1.807) is 0 Å². The molecular weight excluding hydrogens is 363 g/mol. The maximum Gasteiger partial charge on any atom is 0.281 e. The van der Waals surface area contributed by atoms with Crippen LogP contribution in [0, 0.1) is 17.8 Å². The molecule has 0 fully saturated rings. The summed E-state index contributed by atoms with van der Waals surface area (Å²) in [6.07, 6.45) is 2.28. The van der Waals surface area contributed by atoms with Crippen LogP contribution in [-0.2, 0) is 14.8 Å². The molecule has 23 heavy (non-hydrogen) atoms. The lowest BCUT2D eigenvalue weighted by Gasteiger charge is -2.21. The lowest BCUT2D eigenvalue weighted by Crippen LogP contribution is -2.34. The van der Waals surface area contributed by atoms with Crippen LogP contribution in [0.2, 0.25) is 0 Å². The number of allylic oxidation sites excluding steroid dienone is 1. The first-order chi connectivity index (χ1) is 10.8. The van der Waals surface area contributed by atoms with E-state index in [1.807, 2.05) is 4.72 Å². The van der Waals surface area contributed by atoms with Gasteiger partial charge in [-0.2, -0.15) is 8.42 Å². The Hall–Kier alpha value is -1.56. The number of carbonyl (C=O) groups is 1. The van der Waals surface area contributed by atoms with Gasteiger partial charge in [-0.3, -0.25) is 9.79 Å². The summed E-state index contributed by atoms with van der Waals surface area (Å²) in [7, 11) is -4.10. The third-order valence-electron chi connectivity index (χ3n) is 3.09. The number of carbonyl (C=O) groups excluding carboxylic acids is 1. The third kappa shape index (κ3) is 5.23. The zero-order valence-electron chi connectivity index (χ0n) is 11.9. The number of aliphatic imine (C=N–C) groups is 2. The molecule has 3 N–H and O–H groups in total. The third-order valence-corrected chi connectivity index (χ3v) is 4.92. The molecule has 2 aliphatic heterocycles. The van der Waals surface area contributed by atoms with E-state index in [4.69, 9.17) is 28.9 Å². The number of amidine groups is 1. The zero-order chi connectivity index (χ0) is 17.0. The largest absolute Gasteiger partial charge is 0.377 e. The Bertz CT molecular complexity index is 762. The number of nitrogens with two attached hydrogens (primary N) is 1. The van der Waals surface area contributed by atoms with Crippen molar-refractivity contribution in [2.24, 2.45) is 21.6 Å². The molecule has 0 radical (unpaired) electrons. The fourth-order valence-corrected chi connectivity index (χ4v) is 3.92. The van der Waals surface area contributed by atoms with Crippen LogP contribution in [-0.4, -0.2) is 30.8 Å². The molecule has 1 amide bonds. The highest BCUT2D eigenvalue weighted by atomic mass is 35.5. The van der Waals surface area contributed by atoms with Crippen LogP contribution in [0.1, 0.15) is 25.7 Å². The van der Waals surface area contributed by atoms with Gasteiger partial charge in [-0.1, -0.05) is 29.1 Å². The van der Waals surface area contributed by atoms with Crippen molar-refractivity contribution in [2.45, 2.75) is 31.2 Å². The summed E-state index contributed by atoms with van der Waals surface area (Å²) in [5.74, 6) is 4.16. The van der Waals surface area contributed by atoms with Gasteiger partial charge in [0, 0.05) is 19.3 Å². The lowest BCUT2D eigenvalue weighted by molar-refractivity contribution is -0.120. The molecule has 0 aromatic carbocycles. The number of amides is 1. The summed E-state index contributed by atoms with van der Waals surface area (Å²) in [5, 5.41) is -0.00258. The van der Waals surface area contributed by atoms with E-state index in [2.05, 4.69) is 21.8 Å². The standard InChI is InChI=1S/C13H14Cl2N4O3S/c14-9-5-8(6-10(15)17-9)7-12(20)19-23(21,22)13-4-2-1-3-11(16)18-13/h4,8-9H,2,5-7H2,(H2,16,18)(H,19,20)/t8?,9-/m1/s1. The van der Waals surface area contributed by atoms with E-state index in [1.165, 1.54) is 6.08 Å². The first kappa shape index (κ1) is 17.8. The Kier molecular flexibility index (Phi) is 5.68. The van der Waals surface area contributed by atoms with Crippen LogP contribution in [0.4, 0.5) is 0 Å². The summed E-state index contributed by atoms with van der Waals surface area (Å²) in [6, 6.07) is 0. The van der Waals surface area contributed by atoms with Gasteiger partial charge in [0.2, 0.25) is 5.91 Å². The van der Waals surface area contributed by atoms with Gasteiger partial charge in [0.1, 0.15) is 10.7 Å². The molecular formula is C13H14Cl2N4O3S. The summed E-state index contributed by atoms with van der Waals surface area (Å²) in [5.41, 5.74) is 4.95. The Balaban J connectivity index is 2.01. The summed E-state index contributed by atoms with van der Waals surface area (Å²) < 4.78 is 26.3. The van der Waals surface area contributed by atoms with E-state index in [-0.39, 0.29) is 29.6 Å². The first-order valence-corrected chi connectivity index (χ1v) is 9.01. The van der Waals surface area contributed by atoms with Crippen molar-refractivity contribution in [3.63, 3.8) is 0 Å². The molecule has 2 aliphatic rings. The van der Waals surface area contributed by atoms with Crippen molar-refractivity contribution in [1.29, 1.82) is 0 Å². The molecule has 2 atom stereocenters. The Labute approximate surface area is 144 Å². The number of hydrogen-bond donors (Lipinski definition) is 2. The van der Waals surface area contributed by atoms with Gasteiger partial charge in [0.25, 0.3) is 10.0 Å². The van der Waals surface area contributed by atoms with Gasteiger partial charge in [0.05, 0.1) is 0 Å². The number of nitrogens with zero attached hydrogens (tertiary/aromatic N) is 2. The highest BCUT2D eigenvalue weighted by molar-refractivity contribution is 7.93. The van der Waals surface area contributed by atoms with E-state index >= 15 is 0 Å². The average molecular weight is 377 g/mol. The van der Waals surface area contributed by atoms with Gasteiger partial charge in [0.15, 0.2) is 10.9 Å². The highest BCUT2D eigenvalue weighted by Crippen LogP contribution is 2.27. The second kappa shape index (κ2) is 7.34. The van der Waals surface area contributed by atoms with Crippen molar-refractivity contribution < 1.29 is 13.2 Å². The molecule has 124 valence electrons. The van der Waals surface area contributed by atoms with Crippen LogP contribution >= 0.6 is 23.2 Å². The van der Waals surface area contributed by atoms with Gasteiger partial charge in [-0.05, 0) is 24.3 Å². The van der Waals surface area contributed by atoms with Gasteiger partial charge < -0.3 is 5.73 Å². The number of halogens is 2. The van der Waals surface area contributed by atoms with E-state index in [0.29, 0.717) is 18.0 Å². The number of rotatable bonds is 4. The monoisotopic (exact) mass is 376 g/mol. The Morgan fingerprint density at radius 2 is 2.26 bits per heavy atom. The van der Waals surface area contributed by atoms with Crippen LogP contribution in [0.5, 0.6) is 0 Å². The smallest absolute Gasteiger partial charge is 0.281 e. The molecule has 0 saturated carbocycles. The van der Waals surface area contributed by atoms with Crippen molar-refractivity contribution in [1.82, 2.24) is 4.72 Å². The molecule has 0 spiro atoms. The zero-order valence-corrected chi connectivity index (χ0v) is 14.2. The van der Waals surface area contributed by atoms with Gasteiger partial charge >= 0.3 is 0 Å². The maximum atomic E-state index is 12.2. The Morgan fingerprint density at radius 1 is 1.52 bits per heavy atom. The van der Waals surface area contributed by atoms with Gasteiger partial charge in [-0.15, -0.1) is 0 Å². The number of hydrogen-bond acceptors (Lipinski definition) is 6. The minimum Gasteiger partial charge on any atom is -0.377 e. The quantitative estimate of drug-likeness (QED) is 0.433. The molecule has 0 bridgehead atoms. The van der Waals surface area contributed by atoms with E-state index < -0.39 is 21.4 Å². The van der Waals surface area contributed by atoms with Gasteiger partial charge in [-0.25, -0.2) is 9.71 Å². The molecule has 2 rings (SSSR count). The van der Waals surface area contributed by atoms with Crippen molar-refractivity contribution in [3.05, 3.63) is 11.1 Å². The van der Waals surface area contributed by atoms with Crippen molar-refractivity contribution >= 4 is 50.1 Å². The molecule has 0 saturated heterocycles. The lowest BCUT2D eigenvalue weighted by atomic mass is 9.96. The summed E-state index contributed by atoms with van der Waals surface area (Å²) in [6.45, 7) is 0. The normalized spacial score (nSPS) is 24.3. The maximum absolute atomic E-state index is 12.2. The average Bonchev–Trinajstić information content (AvgIpc) is 2.61. The van der Waals surface area contributed by atoms with Crippen LogP contribution in [0.15, 0.2) is 21.1 Å². The van der Waals surface area contributed by atoms with Crippen LogP contribution in [0.25, 0.3) is 0 Å². The highest BCUT2D eigenvalue weighted by Gasteiger charge is 2.27. The molecule has 1 unspecified atom stereocenters. The van der Waals surface area contributed by atoms with E-state index in [9.17, 15) is 13.2 Å². The molecule has 0 aliphatic carbocycles. The second-order valence-corrected chi connectivity index (χ2v) is 7.59. The summed E-state index contributed by atoms with van der Waals surface area (Å²) >= 11 is 11.7. The number of alkyl halides is 1. The minimum atomic E-state index is -4.10. The van der Waals surface area contributed by atoms with Crippen molar-refractivity contribution in [3.8, 4) is 11.8 Å². The van der Waals surface area contributed by atoms with Crippen LogP contribution < -0.4 is 10.5 Å². The molecule has 0 aromatic heterocycles. The molecule has 7 nitrogen and oxygen atoms in total. The predicted octanol–water partition coefficient (Wildman–Crippen LogP) is 1.04. The topological polar surface area (TPSA) is 114 Å². The number of sulfonamides is 1. The predicted molar refractivity (Wildman–Crippen MR) is 89.4 cm³/mol. The molecule has 0 aromatic rings. The SMILES string of the molecule is NC1=NC(S(=O)(=O)NC(=O)CC2CC(Cl)=N[C@@H](Cl)C2)=CCC#C1. The number of nitrogens with one attached hydrogen (secondary N) is 1. The van der Waals surface area contributed by atoms with E-state index in [0.717, 1.165) is 0 Å². The van der Waals surface area contributed by atoms with Crippen molar-refractivity contribution in [2.75, 3.05) is 0 Å². The molecule has 2 heterocycles. The minimum absolute atomic E-state index is 0.0306. The first-order valence-electron chi connectivity index (χ1n) is 6.71. The fraction of sp³-hybridized carbons (Fsp3) is 0.462. The summed E-state index contributed by atoms with van der Waals surface area (Å²) in [4.78, 5) is 19.6. The van der Waals surface area contributed by atoms with Crippen LogP contribution in [0.3, 0.4) is 0 Å². The molecule has 10 heteroatoms. The Morgan fingerprint density at radius 3 is 2.96 bits per heavy atom.